The Balaban J connectivity index is 1.65. The standard InChI is InChI=1S/C20H29ClN4O6S/c21-15-3-1-2-4-16(15)32(29,30)31-20(28)13-17(22)25-19(27)9-12-24-18(26)6-5-14-7-10-23-11-8-14/h1-4,14,17,23H,5-13,22H2,(H,24,26)(H,25,27). The molecule has 1 aromatic rings. The first-order chi connectivity index (χ1) is 15.2. The number of hydrogen-bond donors (Lipinski definition) is 4. The zero-order chi connectivity index (χ0) is 23.6. The van der Waals surface area contributed by atoms with Gasteiger partial charge in [0.25, 0.3) is 0 Å². The minimum atomic E-state index is -4.40. The van der Waals surface area contributed by atoms with Crippen LogP contribution < -0.4 is 21.7 Å². The van der Waals surface area contributed by atoms with Crippen LogP contribution in [0.15, 0.2) is 29.2 Å². The smallest absolute Gasteiger partial charge is 0.343 e. The van der Waals surface area contributed by atoms with Gasteiger partial charge in [-0.3, -0.25) is 14.4 Å². The number of piperidine rings is 1. The summed E-state index contributed by atoms with van der Waals surface area (Å²) in [7, 11) is -4.40. The molecule has 1 heterocycles. The van der Waals surface area contributed by atoms with Crippen LogP contribution >= 0.6 is 11.6 Å². The van der Waals surface area contributed by atoms with Crippen molar-refractivity contribution in [3.63, 3.8) is 0 Å². The molecule has 1 aromatic carbocycles. The third-order valence-electron chi connectivity index (χ3n) is 4.95. The van der Waals surface area contributed by atoms with E-state index in [-0.39, 0.29) is 28.8 Å². The molecule has 0 bridgehead atoms. The van der Waals surface area contributed by atoms with E-state index in [1.807, 2.05) is 0 Å². The van der Waals surface area contributed by atoms with E-state index >= 15 is 0 Å². The van der Waals surface area contributed by atoms with E-state index in [9.17, 15) is 22.8 Å². The Morgan fingerprint density at radius 1 is 1.16 bits per heavy atom. The highest BCUT2D eigenvalue weighted by atomic mass is 35.5. The average molecular weight is 489 g/mol. The fourth-order valence-electron chi connectivity index (χ4n) is 3.27. The molecule has 0 spiro atoms. The fraction of sp³-hybridized carbons (Fsp3) is 0.550. The molecule has 0 radical (unpaired) electrons. The molecule has 12 heteroatoms. The first-order valence-electron chi connectivity index (χ1n) is 10.4. The lowest BCUT2D eigenvalue weighted by atomic mass is 9.93. The first-order valence-corrected chi connectivity index (χ1v) is 12.2. The number of carbonyl (C=O) groups is 3. The summed E-state index contributed by atoms with van der Waals surface area (Å²) in [6.07, 6.45) is 1.64. The number of nitrogens with two attached hydrogens (primary N) is 1. The molecular weight excluding hydrogens is 460 g/mol. The normalized spacial score (nSPS) is 15.6. The van der Waals surface area contributed by atoms with Gasteiger partial charge in [0.1, 0.15) is 4.90 Å². The van der Waals surface area contributed by atoms with E-state index in [1.54, 1.807) is 0 Å². The Kier molecular flexibility index (Phi) is 10.4. The number of rotatable bonds is 11. The Bertz CT molecular complexity index is 905. The molecule has 5 N–H and O–H groups in total. The maximum absolute atomic E-state index is 12.1. The SMILES string of the molecule is NC(CC(=O)OS(=O)(=O)c1ccccc1Cl)NC(=O)CCNC(=O)CCC1CCNCC1. The minimum Gasteiger partial charge on any atom is -0.356 e. The number of nitrogens with one attached hydrogen (secondary N) is 3. The monoisotopic (exact) mass is 488 g/mol. The topological polar surface area (TPSA) is 157 Å². The number of halogens is 1. The lowest BCUT2D eigenvalue weighted by Gasteiger charge is -2.22. The van der Waals surface area contributed by atoms with Gasteiger partial charge in [-0.2, -0.15) is 8.42 Å². The van der Waals surface area contributed by atoms with E-state index in [4.69, 9.17) is 17.3 Å². The number of carbonyl (C=O) groups excluding carboxylic acids is 3. The zero-order valence-electron chi connectivity index (χ0n) is 17.6. The molecular formula is C20H29ClN4O6S. The van der Waals surface area contributed by atoms with Crippen molar-refractivity contribution in [2.75, 3.05) is 19.6 Å². The summed E-state index contributed by atoms with van der Waals surface area (Å²) in [5.41, 5.74) is 5.68. The maximum Gasteiger partial charge on any atom is 0.343 e. The molecule has 0 aromatic heterocycles. The number of benzene rings is 1. The van der Waals surface area contributed by atoms with Crippen molar-refractivity contribution in [2.24, 2.45) is 11.7 Å². The molecule has 1 aliphatic rings. The van der Waals surface area contributed by atoms with Crippen molar-refractivity contribution in [3.8, 4) is 0 Å². The third kappa shape index (κ3) is 9.11. The molecule has 2 rings (SSSR count). The zero-order valence-corrected chi connectivity index (χ0v) is 19.2. The van der Waals surface area contributed by atoms with Crippen LogP contribution in [0.5, 0.6) is 0 Å². The minimum absolute atomic E-state index is 0.0280. The quantitative estimate of drug-likeness (QED) is 0.261. The second-order valence-electron chi connectivity index (χ2n) is 7.55. The van der Waals surface area contributed by atoms with Crippen LogP contribution in [0.1, 0.15) is 38.5 Å². The van der Waals surface area contributed by atoms with Crippen molar-refractivity contribution in [2.45, 2.75) is 49.6 Å². The first kappa shape index (κ1) is 26.0. The number of hydrogen-bond acceptors (Lipinski definition) is 8. The Morgan fingerprint density at radius 3 is 2.53 bits per heavy atom. The fourth-order valence-corrected chi connectivity index (χ4v) is 4.64. The molecule has 32 heavy (non-hydrogen) atoms. The van der Waals surface area contributed by atoms with E-state index < -0.39 is 34.6 Å². The molecule has 1 unspecified atom stereocenters. The molecule has 1 aliphatic heterocycles. The Morgan fingerprint density at radius 2 is 1.84 bits per heavy atom. The summed E-state index contributed by atoms with van der Waals surface area (Å²) in [6, 6.07) is 5.52. The predicted molar refractivity (Wildman–Crippen MR) is 118 cm³/mol. The van der Waals surface area contributed by atoms with Gasteiger partial charge in [0, 0.05) is 19.4 Å². The predicted octanol–water partition coefficient (Wildman–Crippen LogP) is 0.649. The molecule has 1 saturated heterocycles. The molecule has 10 nitrogen and oxygen atoms in total. The molecule has 2 amide bonds. The Labute approximate surface area is 192 Å². The van der Waals surface area contributed by atoms with Gasteiger partial charge in [0.2, 0.25) is 11.8 Å². The van der Waals surface area contributed by atoms with Crippen molar-refractivity contribution in [1.82, 2.24) is 16.0 Å². The molecule has 1 atom stereocenters. The van der Waals surface area contributed by atoms with Gasteiger partial charge in [-0.1, -0.05) is 23.7 Å². The van der Waals surface area contributed by atoms with E-state index in [0.29, 0.717) is 12.3 Å². The van der Waals surface area contributed by atoms with Crippen LogP contribution in [0.3, 0.4) is 0 Å². The van der Waals surface area contributed by atoms with E-state index in [2.05, 4.69) is 20.1 Å². The van der Waals surface area contributed by atoms with Crippen molar-refractivity contribution in [1.29, 1.82) is 0 Å². The summed E-state index contributed by atoms with van der Waals surface area (Å²) in [5, 5.41) is 8.24. The van der Waals surface area contributed by atoms with Crippen LogP contribution in [-0.2, 0) is 28.7 Å². The maximum atomic E-state index is 12.1. The summed E-state index contributed by atoms with van der Waals surface area (Å²) >= 11 is 5.81. The third-order valence-corrected chi connectivity index (χ3v) is 6.70. The van der Waals surface area contributed by atoms with Gasteiger partial charge < -0.3 is 25.9 Å². The van der Waals surface area contributed by atoms with E-state index in [1.165, 1.54) is 24.3 Å². The average Bonchev–Trinajstić information content (AvgIpc) is 2.72. The second kappa shape index (κ2) is 12.7. The van der Waals surface area contributed by atoms with Gasteiger partial charge >= 0.3 is 16.1 Å². The van der Waals surface area contributed by atoms with Crippen LogP contribution in [0, 0.1) is 5.92 Å². The van der Waals surface area contributed by atoms with Crippen LogP contribution in [0.25, 0.3) is 0 Å². The van der Waals surface area contributed by atoms with Crippen LogP contribution in [-0.4, -0.2) is 52.0 Å². The molecule has 178 valence electrons. The van der Waals surface area contributed by atoms with Crippen molar-refractivity contribution < 1.29 is 27.0 Å². The second-order valence-corrected chi connectivity index (χ2v) is 9.47. The summed E-state index contributed by atoms with van der Waals surface area (Å²) in [4.78, 5) is 35.4. The van der Waals surface area contributed by atoms with Crippen molar-refractivity contribution >= 4 is 39.5 Å². The summed E-state index contributed by atoms with van der Waals surface area (Å²) in [5.74, 6) is -1.19. The molecule has 0 aliphatic carbocycles. The van der Waals surface area contributed by atoms with Gasteiger partial charge in [-0.05, 0) is 50.4 Å². The lowest BCUT2D eigenvalue weighted by Crippen LogP contribution is -2.44. The Hall–Kier alpha value is -2.21. The highest BCUT2D eigenvalue weighted by molar-refractivity contribution is 7.87. The van der Waals surface area contributed by atoms with E-state index in [0.717, 1.165) is 32.4 Å². The van der Waals surface area contributed by atoms with Gasteiger partial charge in [0.05, 0.1) is 17.6 Å². The van der Waals surface area contributed by atoms with Gasteiger partial charge in [-0.25, -0.2) is 0 Å². The van der Waals surface area contributed by atoms with Crippen LogP contribution in [0.4, 0.5) is 0 Å². The van der Waals surface area contributed by atoms with Crippen LogP contribution in [0.2, 0.25) is 5.02 Å². The largest absolute Gasteiger partial charge is 0.356 e. The van der Waals surface area contributed by atoms with Gasteiger partial charge in [0.15, 0.2) is 0 Å². The summed E-state index contributed by atoms with van der Waals surface area (Å²) in [6.45, 7) is 2.09. The highest BCUT2D eigenvalue weighted by Gasteiger charge is 2.24. The molecule has 1 fully saturated rings. The van der Waals surface area contributed by atoms with Gasteiger partial charge in [-0.15, -0.1) is 0 Å². The highest BCUT2D eigenvalue weighted by Crippen LogP contribution is 2.22. The summed E-state index contributed by atoms with van der Waals surface area (Å²) < 4.78 is 28.8. The number of amides is 2. The lowest BCUT2D eigenvalue weighted by molar-refractivity contribution is -0.134. The molecule has 0 saturated carbocycles. The van der Waals surface area contributed by atoms with Crippen molar-refractivity contribution in [3.05, 3.63) is 29.3 Å².